The standard InChI is InChI=1S/C15H20ClNO3S/c16-13-1-3-14(4-2-13)21-10-7-17(6-8-18)15(19)12-5-9-20-11-12/h1-4,12,18H,5-11H2/t12-/m1/s1. The van der Waals surface area contributed by atoms with Crippen LogP contribution in [0.2, 0.25) is 5.02 Å². The fraction of sp³-hybridized carbons (Fsp3) is 0.533. The maximum absolute atomic E-state index is 12.3. The largest absolute Gasteiger partial charge is 0.395 e. The number of nitrogens with zero attached hydrogens (tertiary/aromatic N) is 1. The number of rotatable bonds is 7. The number of hydrogen-bond acceptors (Lipinski definition) is 4. The first-order valence-corrected chi connectivity index (χ1v) is 8.43. The van der Waals surface area contributed by atoms with E-state index in [4.69, 9.17) is 21.4 Å². The SMILES string of the molecule is O=C([C@@H]1CCOC1)N(CCO)CCSc1ccc(Cl)cc1. The van der Waals surface area contributed by atoms with Gasteiger partial charge in [0.15, 0.2) is 0 Å². The van der Waals surface area contributed by atoms with Crippen LogP contribution in [0.5, 0.6) is 0 Å². The summed E-state index contributed by atoms with van der Waals surface area (Å²) < 4.78 is 5.26. The van der Waals surface area contributed by atoms with Crippen molar-refractivity contribution in [3.8, 4) is 0 Å². The molecule has 0 bridgehead atoms. The van der Waals surface area contributed by atoms with E-state index in [0.717, 1.165) is 22.1 Å². The third-order valence-electron chi connectivity index (χ3n) is 3.40. The van der Waals surface area contributed by atoms with Gasteiger partial charge in [-0.1, -0.05) is 11.6 Å². The van der Waals surface area contributed by atoms with E-state index in [9.17, 15) is 4.79 Å². The normalized spacial score (nSPS) is 17.9. The summed E-state index contributed by atoms with van der Waals surface area (Å²) in [4.78, 5) is 15.2. The molecule has 1 aromatic carbocycles. The van der Waals surface area contributed by atoms with Crippen LogP contribution >= 0.6 is 23.4 Å². The predicted molar refractivity (Wildman–Crippen MR) is 84.8 cm³/mol. The zero-order chi connectivity index (χ0) is 15.1. The van der Waals surface area contributed by atoms with Gasteiger partial charge < -0.3 is 14.7 Å². The van der Waals surface area contributed by atoms with Gasteiger partial charge in [0.2, 0.25) is 5.91 Å². The fourth-order valence-corrected chi connectivity index (χ4v) is 3.25. The molecule has 0 unspecified atom stereocenters. The zero-order valence-corrected chi connectivity index (χ0v) is 13.4. The van der Waals surface area contributed by atoms with Crippen LogP contribution in [0.25, 0.3) is 0 Å². The third kappa shape index (κ3) is 5.18. The second-order valence-electron chi connectivity index (χ2n) is 4.91. The highest BCUT2D eigenvalue weighted by Crippen LogP contribution is 2.21. The van der Waals surface area contributed by atoms with Crippen molar-refractivity contribution in [2.45, 2.75) is 11.3 Å². The molecular weight excluding hydrogens is 310 g/mol. The number of hydrogen-bond donors (Lipinski definition) is 1. The van der Waals surface area contributed by atoms with Crippen molar-refractivity contribution >= 4 is 29.3 Å². The van der Waals surface area contributed by atoms with E-state index in [1.165, 1.54) is 0 Å². The van der Waals surface area contributed by atoms with Gasteiger partial charge >= 0.3 is 0 Å². The summed E-state index contributed by atoms with van der Waals surface area (Å²) in [6.07, 6.45) is 0.783. The molecule has 6 heteroatoms. The molecule has 116 valence electrons. The first kappa shape index (κ1) is 16.6. The molecule has 0 radical (unpaired) electrons. The maximum Gasteiger partial charge on any atom is 0.228 e. The minimum Gasteiger partial charge on any atom is -0.395 e. The number of halogens is 1. The van der Waals surface area contributed by atoms with Gasteiger partial charge in [-0.3, -0.25) is 4.79 Å². The van der Waals surface area contributed by atoms with E-state index in [2.05, 4.69) is 0 Å². The van der Waals surface area contributed by atoms with E-state index in [0.29, 0.717) is 26.3 Å². The van der Waals surface area contributed by atoms with Crippen LogP contribution in [0.15, 0.2) is 29.2 Å². The van der Waals surface area contributed by atoms with Crippen LogP contribution in [0.1, 0.15) is 6.42 Å². The molecule has 4 nitrogen and oxygen atoms in total. The zero-order valence-electron chi connectivity index (χ0n) is 11.8. The average Bonchev–Trinajstić information content (AvgIpc) is 3.02. The lowest BCUT2D eigenvalue weighted by Crippen LogP contribution is -2.39. The van der Waals surface area contributed by atoms with E-state index in [1.54, 1.807) is 16.7 Å². The minimum atomic E-state index is -0.0444. The molecule has 1 fully saturated rings. The summed E-state index contributed by atoms with van der Waals surface area (Å²) in [6, 6.07) is 7.65. The number of carbonyl (C=O) groups excluding carboxylic acids is 1. The number of amides is 1. The van der Waals surface area contributed by atoms with Crippen LogP contribution < -0.4 is 0 Å². The van der Waals surface area contributed by atoms with Crippen molar-refractivity contribution in [1.29, 1.82) is 0 Å². The summed E-state index contributed by atoms with van der Waals surface area (Å²) >= 11 is 7.53. The molecule has 0 saturated carbocycles. The molecule has 0 aliphatic carbocycles. The Balaban J connectivity index is 1.81. The number of thioether (sulfide) groups is 1. The summed E-state index contributed by atoms with van der Waals surface area (Å²) in [5.41, 5.74) is 0. The van der Waals surface area contributed by atoms with Crippen LogP contribution in [0.4, 0.5) is 0 Å². The van der Waals surface area contributed by atoms with Crippen LogP contribution in [0, 0.1) is 5.92 Å². The van der Waals surface area contributed by atoms with Gasteiger partial charge in [0.1, 0.15) is 0 Å². The molecule has 1 aliphatic rings. The molecule has 1 heterocycles. The summed E-state index contributed by atoms with van der Waals surface area (Å²) in [6.45, 7) is 2.17. The second-order valence-corrected chi connectivity index (χ2v) is 6.52. The van der Waals surface area contributed by atoms with Gasteiger partial charge in [0, 0.05) is 35.4 Å². The lowest BCUT2D eigenvalue weighted by atomic mass is 10.1. The first-order chi connectivity index (χ1) is 10.2. The Labute approximate surface area is 134 Å². The van der Waals surface area contributed by atoms with Gasteiger partial charge in [0.25, 0.3) is 0 Å². The highest BCUT2D eigenvalue weighted by Gasteiger charge is 2.27. The number of benzene rings is 1. The molecular formula is C15H20ClNO3S. The molecule has 1 saturated heterocycles. The summed E-state index contributed by atoms with van der Waals surface area (Å²) in [5.74, 6) is 0.844. The quantitative estimate of drug-likeness (QED) is 0.780. The van der Waals surface area contributed by atoms with Crippen LogP contribution in [-0.4, -0.2) is 54.6 Å². The molecule has 1 aliphatic heterocycles. The summed E-state index contributed by atoms with van der Waals surface area (Å²) in [5, 5.41) is 9.85. The lowest BCUT2D eigenvalue weighted by Gasteiger charge is -2.24. The molecule has 1 aromatic rings. The van der Waals surface area contributed by atoms with E-state index >= 15 is 0 Å². The van der Waals surface area contributed by atoms with E-state index < -0.39 is 0 Å². The van der Waals surface area contributed by atoms with Crippen molar-refractivity contribution in [3.05, 3.63) is 29.3 Å². The highest BCUT2D eigenvalue weighted by atomic mass is 35.5. The monoisotopic (exact) mass is 329 g/mol. The van der Waals surface area contributed by atoms with Gasteiger partial charge in [-0.15, -0.1) is 11.8 Å². The Bertz CT molecular complexity index is 449. The number of ether oxygens (including phenoxy) is 1. The van der Waals surface area contributed by atoms with Crippen molar-refractivity contribution < 1.29 is 14.6 Å². The minimum absolute atomic E-state index is 0.00900. The highest BCUT2D eigenvalue weighted by molar-refractivity contribution is 7.99. The average molecular weight is 330 g/mol. The molecule has 0 spiro atoms. The van der Waals surface area contributed by atoms with Crippen molar-refractivity contribution in [2.24, 2.45) is 5.92 Å². The second kappa shape index (κ2) is 8.63. The van der Waals surface area contributed by atoms with Gasteiger partial charge in [-0.25, -0.2) is 0 Å². The first-order valence-electron chi connectivity index (χ1n) is 7.06. The van der Waals surface area contributed by atoms with Crippen molar-refractivity contribution in [1.82, 2.24) is 4.90 Å². The Kier molecular flexibility index (Phi) is 6.83. The Hall–Kier alpha value is -0.750. The van der Waals surface area contributed by atoms with Gasteiger partial charge in [-0.05, 0) is 30.7 Å². The topological polar surface area (TPSA) is 49.8 Å². The fourth-order valence-electron chi connectivity index (χ4n) is 2.24. The number of carbonyl (C=O) groups is 1. The molecule has 1 N–H and O–H groups in total. The Morgan fingerprint density at radius 3 is 2.76 bits per heavy atom. The lowest BCUT2D eigenvalue weighted by molar-refractivity contribution is -0.135. The van der Waals surface area contributed by atoms with E-state index in [-0.39, 0.29) is 18.4 Å². The van der Waals surface area contributed by atoms with Crippen LogP contribution in [0.3, 0.4) is 0 Å². The van der Waals surface area contributed by atoms with Crippen LogP contribution in [-0.2, 0) is 9.53 Å². The Morgan fingerprint density at radius 1 is 1.38 bits per heavy atom. The number of aliphatic hydroxyl groups excluding tert-OH is 1. The van der Waals surface area contributed by atoms with Crippen molar-refractivity contribution in [2.75, 3.05) is 38.7 Å². The number of aliphatic hydroxyl groups is 1. The van der Waals surface area contributed by atoms with Gasteiger partial charge in [0.05, 0.1) is 19.1 Å². The third-order valence-corrected chi connectivity index (χ3v) is 4.65. The van der Waals surface area contributed by atoms with Crippen molar-refractivity contribution in [3.63, 3.8) is 0 Å². The molecule has 1 amide bonds. The predicted octanol–water partition coefficient (Wildman–Crippen LogP) is 2.29. The summed E-state index contributed by atoms with van der Waals surface area (Å²) in [7, 11) is 0. The maximum atomic E-state index is 12.3. The van der Waals surface area contributed by atoms with E-state index in [1.807, 2.05) is 24.3 Å². The molecule has 0 aromatic heterocycles. The smallest absolute Gasteiger partial charge is 0.228 e. The van der Waals surface area contributed by atoms with Gasteiger partial charge in [-0.2, -0.15) is 0 Å². The molecule has 21 heavy (non-hydrogen) atoms. The molecule has 2 rings (SSSR count). The molecule has 1 atom stereocenters. The Morgan fingerprint density at radius 2 is 2.14 bits per heavy atom.